The molecule has 1 fully saturated rings. The zero-order valence-corrected chi connectivity index (χ0v) is 26.5. The number of carbonyl (C=O) groups excluding carboxylic acids is 2. The maximum absolute atomic E-state index is 13.4. The summed E-state index contributed by atoms with van der Waals surface area (Å²) in [6, 6.07) is 14.9. The molecular formula is C35H38N8O3. The van der Waals surface area contributed by atoms with Crippen LogP contribution < -0.4 is 16.5 Å². The lowest BCUT2D eigenvalue weighted by Gasteiger charge is -2.33. The summed E-state index contributed by atoms with van der Waals surface area (Å²) in [5.41, 5.74) is 11.0. The molecule has 0 aliphatic carbocycles. The number of anilines is 2. The highest BCUT2D eigenvalue weighted by molar-refractivity contribution is 6.04. The van der Waals surface area contributed by atoms with Gasteiger partial charge in [0.25, 0.3) is 5.91 Å². The number of rotatable bonds is 7. The summed E-state index contributed by atoms with van der Waals surface area (Å²) in [4.78, 5) is 49.9. The van der Waals surface area contributed by atoms with Crippen LogP contribution in [0, 0.1) is 5.92 Å². The van der Waals surface area contributed by atoms with Gasteiger partial charge in [0, 0.05) is 66.5 Å². The molecule has 0 bridgehead atoms. The van der Waals surface area contributed by atoms with E-state index in [0.717, 1.165) is 35.2 Å². The van der Waals surface area contributed by atoms with E-state index in [4.69, 9.17) is 5.73 Å². The number of nitrogens with zero attached hydrogens (tertiary/aromatic N) is 6. The van der Waals surface area contributed by atoms with Crippen molar-refractivity contribution in [3.05, 3.63) is 94.9 Å². The molecule has 6 rings (SSSR count). The molecule has 1 aliphatic heterocycles. The predicted octanol–water partition coefficient (Wildman–Crippen LogP) is 5.40. The van der Waals surface area contributed by atoms with Gasteiger partial charge in [-0.05, 0) is 62.6 Å². The fraction of sp³-hybridized carbons (Fsp3) is 0.314. The van der Waals surface area contributed by atoms with Gasteiger partial charge in [-0.25, -0.2) is 9.50 Å². The van der Waals surface area contributed by atoms with E-state index in [9.17, 15) is 14.4 Å². The number of pyridine rings is 2. The summed E-state index contributed by atoms with van der Waals surface area (Å²) >= 11 is 0. The summed E-state index contributed by atoms with van der Waals surface area (Å²) in [7, 11) is 0. The Balaban J connectivity index is 1.27. The lowest BCUT2D eigenvalue weighted by molar-refractivity contribution is -0.135. The molecule has 46 heavy (non-hydrogen) atoms. The van der Waals surface area contributed by atoms with Gasteiger partial charge >= 0.3 is 0 Å². The second kappa shape index (κ2) is 12.6. The molecule has 0 atom stereocenters. The Hall–Kier alpha value is -5.32. The number of aromatic nitrogens is 5. The first-order valence-electron chi connectivity index (χ1n) is 15.6. The van der Waals surface area contributed by atoms with Crippen molar-refractivity contribution in [1.82, 2.24) is 29.0 Å². The average Bonchev–Trinajstić information content (AvgIpc) is 3.46. The second-order valence-corrected chi connectivity index (χ2v) is 12.3. The Morgan fingerprint density at radius 1 is 0.957 bits per heavy atom. The Morgan fingerprint density at radius 3 is 2.35 bits per heavy atom. The number of hydrogen-bond acceptors (Lipinski definition) is 7. The minimum atomic E-state index is -0.499. The molecule has 236 valence electrons. The van der Waals surface area contributed by atoms with Crippen molar-refractivity contribution in [2.45, 2.75) is 52.5 Å². The maximum Gasteiger partial charge on any atom is 0.261 e. The van der Waals surface area contributed by atoms with Crippen molar-refractivity contribution in [2.24, 2.45) is 5.92 Å². The van der Waals surface area contributed by atoms with Crippen molar-refractivity contribution < 1.29 is 9.59 Å². The highest BCUT2D eigenvalue weighted by Crippen LogP contribution is 2.37. The zero-order valence-electron chi connectivity index (χ0n) is 26.5. The van der Waals surface area contributed by atoms with Crippen LogP contribution in [-0.4, -0.2) is 54.0 Å². The molecule has 5 aromatic rings. The van der Waals surface area contributed by atoms with Crippen LogP contribution in [0.5, 0.6) is 0 Å². The first kappa shape index (κ1) is 30.7. The molecule has 0 radical (unpaired) electrons. The molecule has 1 saturated heterocycles. The number of hydrogen-bond donors (Lipinski definition) is 2. The predicted molar refractivity (Wildman–Crippen MR) is 178 cm³/mol. The normalized spacial score (nSPS) is 13.9. The third-order valence-electron chi connectivity index (χ3n) is 8.61. The lowest BCUT2D eigenvalue weighted by Crippen LogP contribution is -2.40. The van der Waals surface area contributed by atoms with Gasteiger partial charge in [0.2, 0.25) is 11.3 Å². The summed E-state index contributed by atoms with van der Waals surface area (Å²) in [5, 5.41) is 7.43. The Labute approximate surface area is 267 Å². The number of nitrogen functional groups attached to an aromatic ring is 1. The number of amides is 2. The molecule has 11 nitrogen and oxygen atoms in total. The topological polar surface area (TPSA) is 141 Å². The van der Waals surface area contributed by atoms with Crippen LogP contribution in [0.25, 0.3) is 27.9 Å². The van der Waals surface area contributed by atoms with Gasteiger partial charge in [-0.15, -0.1) is 0 Å². The first-order valence-corrected chi connectivity index (χ1v) is 15.6. The largest absolute Gasteiger partial charge is 0.382 e. The van der Waals surface area contributed by atoms with Crippen LogP contribution in [0.2, 0.25) is 0 Å². The molecule has 0 spiro atoms. The smallest absolute Gasteiger partial charge is 0.261 e. The van der Waals surface area contributed by atoms with E-state index in [0.29, 0.717) is 35.9 Å². The van der Waals surface area contributed by atoms with Crippen molar-refractivity contribution >= 4 is 28.8 Å². The first-order chi connectivity index (χ1) is 22.1. The van der Waals surface area contributed by atoms with E-state index in [-0.39, 0.29) is 34.8 Å². The monoisotopic (exact) mass is 618 g/mol. The molecule has 0 saturated carbocycles. The Morgan fingerprint density at radius 2 is 1.70 bits per heavy atom. The van der Waals surface area contributed by atoms with Gasteiger partial charge in [-0.1, -0.05) is 32.0 Å². The van der Waals surface area contributed by atoms with Gasteiger partial charge < -0.3 is 20.5 Å². The third-order valence-corrected chi connectivity index (χ3v) is 8.61. The van der Waals surface area contributed by atoms with Crippen LogP contribution >= 0.6 is 0 Å². The van der Waals surface area contributed by atoms with Crippen LogP contribution in [0.1, 0.15) is 68.5 Å². The van der Waals surface area contributed by atoms with Gasteiger partial charge in [-0.3, -0.25) is 19.4 Å². The number of nitrogens with two attached hydrogens (primary N) is 1. The molecule has 5 heterocycles. The van der Waals surface area contributed by atoms with E-state index in [1.54, 1.807) is 42.9 Å². The van der Waals surface area contributed by atoms with E-state index in [1.807, 2.05) is 59.9 Å². The van der Waals surface area contributed by atoms with Gasteiger partial charge in [0.05, 0.1) is 11.3 Å². The van der Waals surface area contributed by atoms with Crippen LogP contribution in [0.3, 0.4) is 0 Å². The summed E-state index contributed by atoms with van der Waals surface area (Å²) in [6.07, 6.45) is 8.07. The highest BCUT2D eigenvalue weighted by Gasteiger charge is 2.28. The summed E-state index contributed by atoms with van der Waals surface area (Å²) in [5.74, 6) is 0.247. The maximum atomic E-state index is 13.4. The number of carbonyl (C=O) groups is 2. The van der Waals surface area contributed by atoms with Gasteiger partial charge in [0.1, 0.15) is 17.4 Å². The third kappa shape index (κ3) is 5.88. The molecule has 11 heteroatoms. The van der Waals surface area contributed by atoms with Crippen LogP contribution in [0.4, 0.5) is 11.5 Å². The van der Waals surface area contributed by atoms with Crippen molar-refractivity contribution in [1.29, 1.82) is 0 Å². The summed E-state index contributed by atoms with van der Waals surface area (Å²) < 4.78 is 3.71. The Bertz CT molecular complexity index is 1950. The molecule has 3 N–H and O–H groups in total. The number of fused-ring (bicyclic) bond motifs is 1. The van der Waals surface area contributed by atoms with Crippen molar-refractivity contribution in [2.75, 3.05) is 24.1 Å². The van der Waals surface area contributed by atoms with Gasteiger partial charge in [-0.2, -0.15) is 5.10 Å². The molecular weight excluding hydrogens is 580 g/mol. The fourth-order valence-electron chi connectivity index (χ4n) is 6.06. The van der Waals surface area contributed by atoms with Crippen molar-refractivity contribution in [3.8, 4) is 22.4 Å². The number of piperidine rings is 1. The van der Waals surface area contributed by atoms with Crippen LogP contribution in [-0.2, 0) is 4.79 Å². The zero-order chi connectivity index (χ0) is 32.5. The fourth-order valence-corrected chi connectivity index (χ4v) is 6.06. The van der Waals surface area contributed by atoms with Crippen molar-refractivity contribution in [3.63, 3.8) is 0 Å². The van der Waals surface area contributed by atoms with Gasteiger partial charge in [0.15, 0.2) is 5.82 Å². The Kier molecular flexibility index (Phi) is 8.40. The SMILES string of the molecule is CC(C)C(=O)N1CCC(c2cc(-c3ccc(NC(=O)c4cn(C(C)C)cc(-c5ccccn5)c4=O)cc3)c3c(N)ncnn23)CC1. The van der Waals surface area contributed by atoms with E-state index in [2.05, 4.69) is 26.4 Å². The molecule has 1 aromatic carbocycles. The number of likely N-dealkylation sites (tertiary alicyclic amines) is 1. The summed E-state index contributed by atoms with van der Waals surface area (Å²) in [6.45, 7) is 9.23. The minimum absolute atomic E-state index is 0.0203. The average molecular weight is 619 g/mol. The van der Waals surface area contributed by atoms with Crippen LogP contribution in [0.15, 0.2) is 78.2 Å². The molecule has 2 amide bonds. The number of benzene rings is 1. The minimum Gasteiger partial charge on any atom is -0.382 e. The quantitative estimate of drug-likeness (QED) is 0.249. The lowest BCUT2D eigenvalue weighted by atomic mass is 9.92. The molecule has 4 aromatic heterocycles. The standard InChI is InChI=1S/C35H38N8O3/c1-21(2)35(46)41-15-12-24(13-16-41)30-17-26(31-33(36)38-20-39-43(30)31)23-8-10-25(11-9-23)40-34(45)28-19-42(22(3)4)18-27(32(28)44)29-7-5-6-14-37-29/h5-11,14,17-22,24H,12-13,15-16H2,1-4H3,(H,40,45)(H2,36,38,39). The van der Waals surface area contributed by atoms with E-state index in [1.165, 1.54) is 6.33 Å². The second-order valence-electron chi connectivity index (χ2n) is 12.3. The van der Waals surface area contributed by atoms with E-state index < -0.39 is 5.91 Å². The number of nitrogens with one attached hydrogen (secondary N) is 1. The highest BCUT2D eigenvalue weighted by atomic mass is 16.2. The van der Waals surface area contributed by atoms with E-state index >= 15 is 0 Å². The molecule has 0 unspecified atom stereocenters. The molecule has 1 aliphatic rings.